The van der Waals surface area contributed by atoms with Gasteiger partial charge in [-0.2, -0.15) is 0 Å². The van der Waals surface area contributed by atoms with E-state index >= 15 is 0 Å². The highest BCUT2D eigenvalue weighted by Gasteiger charge is 2.42. The lowest BCUT2D eigenvalue weighted by atomic mass is 9.87. The number of carboxylic acid groups (broad SMARTS) is 1. The molecule has 128 valence electrons. The Balaban J connectivity index is 2.19. The first-order chi connectivity index (χ1) is 11.4. The molecular weight excluding hydrogens is 304 g/mol. The Morgan fingerprint density at radius 3 is 2.67 bits per heavy atom. The molecule has 2 aromatic rings. The first kappa shape index (κ1) is 16.6. The molecule has 3 rings (SSSR count). The molecule has 0 saturated heterocycles. The van der Waals surface area contributed by atoms with Crippen LogP contribution in [0.2, 0.25) is 0 Å². The van der Waals surface area contributed by atoms with Crippen molar-refractivity contribution in [2.45, 2.75) is 52.1 Å². The molecule has 0 aliphatic carbocycles. The van der Waals surface area contributed by atoms with Gasteiger partial charge in [-0.15, -0.1) is 0 Å². The van der Waals surface area contributed by atoms with E-state index in [4.69, 9.17) is 0 Å². The number of aromatic nitrogens is 1. The maximum atomic E-state index is 12.5. The van der Waals surface area contributed by atoms with Crippen LogP contribution in [-0.2, 0) is 16.0 Å². The summed E-state index contributed by atoms with van der Waals surface area (Å²) in [5.74, 6) is -0.673. The Morgan fingerprint density at radius 2 is 2.04 bits per heavy atom. The van der Waals surface area contributed by atoms with Crippen LogP contribution in [0.4, 0.5) is 0 Å². The molecule has 2 atom stereocenters. The zero-order valence-electron chi connectivity index (χ0n) is 14.4. The quantitative estimate of drug-likeness (QED) is 0.902. The molecule has 0 unspecified atom stereocenters. The standard InChI is InChI=1S/C19H24N2O3/c1-4-17(22)21-15(9-11(2)3)18-13(10-16(21)19(23)24)12-7-5-6-8-14(12)20-18/h5-8,11,15-16,20H,4,9-10H2,1-3H3,(H,23,24)/t15-,16+/m1/s1. The number of carbonyl (C=O) groups is 2. The Hall–Kier alpha value is -2.30. The maximum Gasteiger partial charge on any atom is 0.326 e. The predicted molar refractivity (Wildman–Crippen MR) is 92.8 cm³/mol. The van der Waals surface area contributed by atoms with Crippen LogP contribution < -0.4 is 0 Å². The van der Waals surface area contributed by atoms with Crippen LogP contribution in [0, 0.1) is 5.92 Å². The summed E-state index contributed by atoms with van der Waals surface area (Å²) < 4.78 is 0. The summed E-state index contributed by atoms with van der Waals surface area (Å²) >= 11 is 0. The van der Waals surface area contributed by atoms with E-state index in [1.54, 1.807) is 11.8 Å². The van der Waals surface area contributed by atoms with E-state index in [9.17, 15) is 14.7 Å². The molecule has 0 spiro atoms. The van der Waals surface area contributed by atoms with Crippen LogP contribution in [0.1, 0.15) is 50.9 Å². The van der Waals surface area contributed by atoms with Gasteiger partial charge in [-0.1, -0.05) is 39.0 Å². The summed E-state index contributed by atoms with van der Waals surface area (Å²) in [6.45, 7) is 5.98. The number of carbonyl (C=O) groups excluding carboxylic acids is 1. The van der Waals surface area contributed by atoms with Gasteiger partial charge < -0.3 is 15.0 Å². The third-order valence-corrected chi connectivity index (χ3v) is 4.82. The van der Waals surface area contributed by atoms with Crippen molar-refractivity contribution in [2.24, 2.45) is 5.92 Å². The predicted octanol–water partition coefficient (Wildman–Crippen LogP) is 3.50. The smallest absolute Gasteiger partial charge is 0.326 e. The topological polar surface area (TPSA) is 73.4 Å². The number of carboxylic acids is 1. The minimum Gasteiger partial charge on any atom is -0.480 e. The second kappa shape index (κ2) is 6.30. The average Bonchev–Trinajstić information content (AvgIpc) is 2.92. The molecule has 1 amide bonds. The number of aliphatic carboxylic acids is 1. The summed E-state index contributed by atoms with van der Waals surface area (Å²) in [7, 11) is 0. The van der Waals surface area contributed by atoms with Crippen molar-refractivity contribution in [1.29, 1.82) is 0 Å². The van der Waals surface area contributed by atoms with E-state index in [0.717, 1.165) is 28.6 Å². The fraction of sp³-hybridized carbons (Fsp3) is 0.474. The van der Waals surface area contributed by atoms with Crippen molar-refractivity contribution in [3.05, 3.63) is 35.5 Å². The number of benzene rings is 1. The van der Waals surface area contributed by atoms with E-state index in [-0.39, 0.29) is 11.9 Å². The van der Waals surface area contributed by atoms with Gasteiger partial charge in [0.15, 0.2) is 0 Å². The van der Waals surface area contributed by atoms with Gasteiger partial charge in [-0.3, -0.25) is 4.79 Å². The highest BCUT2D eigenvalue weighted by Crippen LogP contribution is 2.40. The van der Waals surface area contributed by atoms with Gasteiger partial charge in [0.2, 0.25) is 5.91 Å². The van der Waals surface area contributed by atoms with Crippen molar-refractivity contribution >= 4 is 22.8 Å². The molecule has 0 radical (unpaired) electrons. The van der Waals surface area contributed by atoms with Crippen molar-refractivity contribution in [2.75, 3.05) is 0 Å². The van der Waals surface area contributed by atoms with Crippen molar-refractivity contribution < 1.29 is 14.7 Å². The molecule has 0 bridgehead atoms. The molecule has 0 saturated carbocycles. The van der Waals surface area contributed by atoms with Gasteiger partial charge in [0.1, 0.15) is 6.04 Å². The third-order valence-electron chi connectivity index (χ3n) is 4.82. The van der Waals surface area contributed by atoms with Crippen LogP contribution in [-0.4, -0.2) is 32.9 Å². The lowest BCUT2D eigenvalue weighted by Gasteiger charge is -2.41. The van der Waals surface area contributed by atoms with E-state index in [2.05, 4.69) is 18.8 Å². The van der Waals surface area contributed by atoms with Crippen LogP contribution in [0.5, 0.6) is 0 Å². The van der Waals surface area contributed by atoms with Crippen LogP contribution in [0.3, 0.4) is 0 Å². The monoisotopic (exact) mass is 328 g/mol. The van der Waals surface area contributed by atoms with Crippen LogP contribution >= 0.6 is 0 Å². The maximum absolute atomic E-state index is 12.5. The molecule has 1 aliphatic rings. The first-order valence-electron chi connectivity index (χ1n) is 8.57. The lowest BCUT2D eigenvalue weighted by Crippen LogP contribution is -2.51. The molecular formula is C19H24N2O3. The number of H-pyrrole nitrogens is 1. The Labute approximate surface area is 141 Å². The summed E-state index contributed by atoms with van der Waals surface area (Å²) in [5, 5.41) is 10.8. The molecule has 1 aromatic heterocycles. The second-order valence-corrected chi connectivity index (χ2v) is 6.92. The number of para-hydroxylation sites is 1. The van der Waals surface area contributed by atoms with Gasteiger partial charge in [-0.25, -0.2) is 4.79 Å². The summed E-state index contributed by atoms with van der Waals surface area (Å²) in [4.78, 5) is 29.5. The number of nitrogens with one attached hydrogen (secondary N) is 1. The molecule has 2 heterocycles. The third kappa shape index (κ3) is 2.68. The van der Waals surface area contributed by atoms with Crippen LogP contribution in [0.15, 0.2) is 24.3 Å². The van der Waals surface area contributed by atoms with Gasteiger partial charge in [-0.05, 0) is 24.0 Å². The number of aromatic amines is 1. The zero-order chi connectivity index (χ0) is 17.4. The molecule has 1 aromatic carbocycles. The second-order valence-electron chi connectivity index (χ2n) is 6.92. The largest absolute Gasteiger partial charge is 0.480 e. The minimum absolute atomic E-state index is 0.0997. The van der Waals surface area contributed by atoms with Gasteiger partial charge in [0.05, 0.1) is 6.04 Å². The summed E-state index contributed by atoms with van der Waals surface area (Å²) in [6, 6.07) is 6.94. The normalized spacial score (nSPS) is 20.4. The molecule has 5 heteroatoms. The van der Waals surface area contributed by atoms with E-state index in [0.29, 0.717) is 18.8 Å². The van der Waals surface area contributed by atoms with Crippen LogP contribution in [0.25, 0.3) is 10.9 Å². The highest BCUT2D eigenvalue weighted by molar-refractivity contribution is 5.89. The highest BCUT2D eigenvalue weighted by atomic mass is 16.4. The molecule has 1 aliphatic heterocycles. The van der Waals surface area contributed by atoms with Crippen molar-refractivity contribution in [3.8, 4) is 0 Å². The number of fused-ring (bicyclic) bond motifs is 3. The van der Waals surface area contributed by atoms with Crippen molar-refractivity contribution in [1.82, 2.24) is 9.88 Å². The molecule has 24 heavy (non-hydrogen) atoms. The van der Waals surface area contributed by atoms with E-state index in [1.165, 1.54) is 0 Å². The summed E-state index contributed by atoms with van der Waals surface area (Å²) in [6.07, 6.45) is 1.41. The van der Waals surface area contributed by atoms with Crippen molar-refractivity contribution in [3.63, 3.8) is 0 Å². The molecule has 5 nitrogen and oxygen atoms in total. The van der Waals surface area contributed by atoms with Gasteiger partial charge >= 0.3 is 5.97 Å². The van der Waals surface area contributed by atoms with E-state index < -0.39 is 12.0 Å². The van der Waals surface area contributed by atoms with Gasteiger partial charge in [0, 0.05) is 29.4 Å². The minimum atomic E-state index is -0.929. The number of nitrogens with zero attached hydrogens (tertiary/aromatic N) is 1. The SMILES string of the molecule is CCC(=O)N1[C@H](CC(C)C)c2[nH]c3ccccc3c2C[C@H]1C(=O)O. The number of hydrogen-bond acceptors (Lipinski definition) is 2. The Morgan fingerprint density at radius 1 is 1.33 bits per heavy atom. The fourth-order valence-electron chi connectivity index (χ4n) is 3.79. The Kier molecular flexibility index (Phi) is 4.35. The lowest BCUT2D eigenvalue weighted by molar-refractivity contribution is -0.153. The summed E-state index contributed by atoms with van der Waals surface area (Å²) in [5.41, 5.74) is 3.05. The number of amides is 1. The number of hydrogen-bond donors (Lipinski definition) is 2. The van der Waals surface area contributed by atoms with Gasteiger partial charge in [0.25, 0.3) is 0 Å². The molecule has 0 fully saturated rings. The zero-order valence-corrected chi connectivity index (χ0v) is 14.4. The number of rotatable bonds is 4. The first-order valence-corrected chi connectivity index (χ1v) is 8.57. The fourth-order valence-corrected chi connectivity index (χ4v) is 3.79. The average molecular weight is 328 g/mol. The van der Waals surface area contributed by atoms with E-state index in [1.807, 2.05) is 24.3 Å². The Bertz CT molecular complexity index is 778. The molecule has 2 N–H and O–H groups in total.